The van der Waals surface area contributed by atoms with E-state index in [9.17, 15) is 4.79 Å². The van der Waals surface area contributed by atoms with E-state index in [1.165, 1.54) is 11.3 Å². The molecule has 1 aromatic heterocycles. The maximum absolute atomic E-state index is 10.7. The molecule has 1 atom stereocenters. The molecule has 0 bridgehead atoms. The van der Waals surface area contributed by atoms with Gasteiger partial charge in [0.1, 0.15) is 0 Å². The van der Waals surface area contributed by atoms with Crippen LogP contribution >= 0.6 is 11.3 Å². The number of nitrogens with two attached hydrogens (primary N) is 1. The Morgan fingerprint density at radius 1 is 1.82 bits per heavy atom. The lowest BCUT2D eigenvalue weighted by atomic mass is 10.2. The molecule has 0 spiro atoms. The number of anilines is 1. The molecular weight excluding hydrogens is 166 g/mol. The minimum atomic E-state index is -0.413. The van der Waals surface area contributed by atoms with Crippen molar-refractivity contribution in [3.05, 3.63) is 11.1 Å². The first-order valence-corrected chi connectivity index (χ1v) is 3.82. The fourth-order valence-corrected chi connectivity index (χ4v) is 1.37. The van der Waals surface area contributed by atoms with Crippen molar-refractivity contribution in [3.63, 3.8) is 0 Å². The Bertz CT molecular complexity index is 298. The zero-order valence-electron chi connectivity index (χ0n) is 5.40. The smallest absolute Gasteiger partial charge is 0.351 e. The Labute approximate surface area is 66.1 Å². The topological polar surface area (TPSA) is 77.2 Å². The minimum Gasteiger partial charge on any atom is -0.375 e. The summed E-state index contributed by atoms with van der Waals surface area (Å²) in [6, 6.07) is -0.413. The van der Waals surface area contributed by atoms with Crippen molar-refractivity contribution in [1.29, 1.82) is 0 Å². The van der Waals surface area contributed by atoms with E-state index in [1.807, 2.05) is 0 Å². The van der Waals surface area contributed by atoms with Gasteiger partial charge in [-0.3, -0.25) is 0 Å². The van der Waals surface area contributed by atoms with Crippen molar-refractivity contribution in [3.8, 4) is 0 Å². The van der Waals surface area contributed by atoms with E-state index in [2.05, 4.69) is 15.3 Å². The van der Waals surface area contributed by atoms with Gasteiger partial charge in [0.2, 0.25) is 0 Å². The molecule has 2 rings (SSSR count). The van der Waals surface area contributed by atoms with Gasteiger partial charge in [-0.15, -0.1) is 16.8 Å². The van der Waals surface area contributed by atoms with E-state index in [0.29, 0.717) is 10.8 Å². The molecule has 0 unspecified atom stereocenters. The fraction of sp³-hybridized carbons (Fsp3) is 0.200. The van der Waals surface area contributed by atoms with Crippen LogP contribution in [0.3, 0.4) is 0 Å². The van der Waals surface area contributed by atoms with E-state index in [1.54, 1.807) is 5.38 Å². The molecule has 2 heterocycles. The van der Waals surface area contributed by atoms with Gasteiger partial charge in [0.25, 0.3) is 0 Å². The highest BCUT2D eigenvalue weighted by atomic mass is 32.1. The third kappa shape index (κ3) is 0.958. The summed E-state index contributed by atoms with van der Waals surface area (Å²) in [4.78, 5) is 18.9. The summed E-state index contributed by atoms with van der Waals surface area (Å²) in [7, 11) is 0. The van der Waals surface area contributed by atoms with Gasteiger partial charge in [-0.1, -0.05) is 0 Å². The zero-order valence-corrected chi connectivity index (χ0v) is 6.22. The molecule has 0 aliphatic carbocycles. The van der Waals surface area contributed by atoms with Crippen LogP contribution in [-0.2, 0) is 9.63 Å². The van der Waals surface area contributed by atoms with Gasteiger partial charge in [-0.05, 0) is 0 Å². The molecule has 58 valence electrons. The molecule has 0 radical (unpaired) electrons. The van der Waals surface area contributed by atoms with Gasteiger partial charge < -0.3 is 10.6 Å². The summed E-state index contributed by atoms with van der Waals surface area (Å²) in [6.45, 7) is 0. The molecule has 11 heavy (non-hydrogen) atoms. The fourth-order valence-electron chi connectivity index (χ4n) is 0.780. The van der Waals surface area contributed by atoms with Crippen LogP contribution in [0.2, 0.25) is 0 Å². The molecule has 1 aliphatic heterocycles. The normalized spacial score (nSPS) is 22.5. The number of carbonyl (C=O) groups excluding carboxylic acids is 1. The maximum atomic E-state index is 10.7. The lowest BCUT2D eigenvalue weighted by molar-refractivity contribution is -0.181. The number of carbonyl (C=O) groups is 1. The van der Waals surface area contributed by atoms with E-state index >= 15 is 0 Å². The molecule has 1 aromatic rings. The van der Waals surface area contributed by atoms with Gasteiger partial charge in [-0.25, -0.2) is 9.78 Å². The van der Waals surface area contributed by atoms with Gasteiger partial charge in [0, 0.05) is 5.38 Å². The van der Waals surface area contributed by atoms with Crippen molar-refractivity contribution >= 4 is 22.4 Å². The van der Waals surface area contributed by atoms with Crippen LogP contribution in [0.1, 0.15) is 11.7 Å². The second kappa shape index (κ2) is 2.18. The van der Waals surface area contributed by atoms with Crippen molar-refractivity contribution in [2.45, 2.75) is 6.04 Å². The van der Waals surface area contributed by atoms with Gasteiger partial charge >= 0.3 is 5.97 Å². The second-order valence-electron chi connectivity index (χ2n) is 2.08. The van der Waals surface area contributed by atoms with Crippen molar-refractivity contribution in [1.82, 2.24) is 10.5 Å². The molecule has 3 N–H and O–H groups in total. The molecule has 5 nitrogen and oxygen atoms in total. The lowest BCUT2D eigenvalue weighted by Crippen LogP contribution is -2.43. The van der Waals surface area contributed by atoms with Crippen molar-refractivity contribution < 1.29 is 9.63 Å². The van der Waals surface area contributed by atoms with Gasteiger partial charge in [0.05, 0.1) is 5.69 Å². The van der Waals surface area contributed by atoms with Crippen LogP contribution < -0.4 is 11.2 Å². The molecule has 1 aliphatic rings. The number of thiazole rings is 1. The van der Waals surface area contributed by atoms with E-state index in [0.717, 1.165) is 0 Å². The lowest BCUT2D eigenvalue weighted by Gasteiger charge is -2.22. The highest BCUT2D eigenvalue weighted by Gasteiger charge is 2.34. The Balaban J connectivity index is 2.23. The number of aromatic nitrogens is 1. The van der Waals surface area contributed by atoms with E-state index in [4.69, 9.17) is 5.73 Å². The number of hydrogen-bond acceptors (Lipinski definition) is 6. The van der Waals surface area contributed by atoms with Crippen LogP contribution in [0.5, 0.6) is 0 Å². The molecule has 0 aromatic carbocycles. The first-order chi connectivity index (χ1) is 5.27. The molecule has 0 amide bonds. The van der Waals surface area contributed by atoms with Crippen molar-refractivity contribution in [2.24, 2.45) is 0 Å². The molecule has 0 saturated carbocycles. The third-order valence-electron chi connectivity index (χ3n) is 1.35. The SMILES string of the molecule is Nc1nc([C@H]2NOC2=O)cs1. The zero-order chi connectivity index (χ0) is 7.84. The first-order valence-electron chi connectivity index (χ1n) is 2.94. The summed E-state index contributed by atoms with van der Waals surface area (Å²) in [6.07, 6.45) is 0. The number of hydrogen-bond donors (Lipinski definition) is 2. The predicted molar refractivity (Wildman–Crippen MR) is 38.5 cm³/mol. The Hall–Kier alpha value is -1.14. The van der Waals surface area contributed by atoms with Crippen LogP contribution in [0.15, 0.2) is 5.38 Å². The standard InChI is InChI=1S/C5H5N3O2S/c6-5-7-2(1-11-5)3-4(9)10-8-3/h1,3,8H,(H2,6,7)/t3-/m1/s1. The van der Waals surface area contributed by atoms with Gasteiger partial charge in [0.15, 0.2) is 11.2 Å². The monoisotopic (exact) mass is 171 g/mol. The van der Waals surface area contributed by atoms with Crippen LogP contribution in [0, 0.1) is 0 Å². The summed E-state index contributed by atoms with van der Waals surface area (Å²) < 4.78 is 0. The Morgan fingerprint density at radius 2 is 2.64 bits per heavy atom. The predicted octanol–water partition coefficient (Wildman–Crippen LogP) is -0.172. The van der Waals surface area contributed by atoms with E-state index < -0.39 is 6.04 Å². The van der Waals surface area contributed by atoms with Crippen LogP contribution in [0.25, 0.3) is 0 Å². The average molecular weight is 171 g/mol. The first kappa shape index (κ1) is 6.56. The minimum absolute atomic E-state index is 0.310. The number of nitrogen functional groups attached to an aromatic ring is 1. The summed E-state index contributed by atoms with van der Waals surface area (Å²) in [5.41, 5.74) is 8.46. The second-order valence-corrected chi connectivity index (χ2v) is 2.97. The van der Waals surface area contributed by atoms with Crippen LogP contribution in [-0.4, -0.2) is 11.0 Å². The summed E-state index contributed by atoms with van der Waals surface area (Å²) in [5.74, 6) is -0.310. The number of rotatable bonds is 1. The summed E-state index contributed by atoms with van der Waals surface area (Å²) >= 11 is 1.30. The molecular formula is C5H5N3O2S. The van der Waals surface area contributed by atoms with Crippen LogP contribution in [0.4, 0.5) is 5.13 Å². The number of nitrogens with zero attached hydrogens (tertiary/aromatic N) is 1. The Morgan fingerprint density at radius 3 is 3.00 bits per heavy atom. The largest absolute Gasteiger partial charge is 0.375 e. The quantitative estimate of drug-likeness (QED) is 0.613. The van der Waals surface area contributed by atoms with Crippen molar-refractivity contribution in [2.75, 3.05) is 5.73 Å². The average Bonchev–Trinajstić information content (AvgIpc) is 2.33. The third-order valence-corrected chi connectivity index (χ3v) is 2.04. The Kier molecular flexibility index (Phi) is 1.30. The highest BCUT2D eigenvalue weighted by Crippen LogP contribution is 2.23. The molecule has 1 saturated heterocycles. The summed E-state index contributed by atoms with van der Waals surface area (Å²) in [5, 5.41) is 2.19. The number of nitrogens with one attached hydrogen (secondary N) is 1. The molecule has 6 heteroatoms. The highest BCUT2D eigenvalue weighted by molar-refractivity contribution is 7.13. The number of hydroxylamine groups is 1. The van der Waals surface area contributed by atoms with Gasteiger partial charge in [-0.2, -0.15) is 0 Å². The maximum Gasteiger partial charge on any atom is 0.351 e. The van der Waals surface area contributed by atoms with E-state index in [-0.39, 0.29) is 5.97 Å². The molecule has 1 fully saturated rings.